The Hall–Kier alpha value is -2.33. The van der Waals surface area contributed by atoms with Crippen LogP contribution in [0.2, 0.25) is 0 Å². The van der Waals surface area contributed by atoms with Crippen molar-refractivity contribution in [1.29, 1.82) is 0 Å². The molecule has 0 aromatic heterocycles. The second kappa shape index (κ2) is 7.70. The smallest absolute Gasteiger partial charge is 0.220 e. The monoisotopic (exact) mass is 337 g/mol. The summed E-state index contributed by atoms with van der Waals surface area (Å²) in [7, 11) is 4.10. The molecule has 1 saturated heterocycles. The number of nitrogens with one attached hydrogen (secondary N) is 2. The largest absolute Gasteiger partial charge is 0.378 e. The van der Waals surface area contributed by atoms with E-state index in [1.807, 2.05) is 0 Å². The van der Waals surface area contributed by atoms with Crippen LogP contribution in [0.15, 0.2) is 48.5 Å². The number of hydrogen-bond donors (Lipinski definition) is 2. The van der Waals surface area contributed by atoms with E-state index in [4.69, 9.17) is 0 Å². The topological polar surface area (TPSA) is 44.4 Å². The van der Waals surface area contributed by atoms with Gasteiger partial charge in [-0.2, -0.15) is 0 Å². The second-order valence-corrected chi connectivity index (χ2v) is 7.00. The summed E-state index contributed by atoms with van der Waals surface area (Å²) in [6.07, 6.45) is 1.59. The summed E-state index contributed by atoms with van der Waals surface area (Å²) in [4.78, 5) is 13.4. The van der Waals surface area contributed by atoms with Crippen molar-refractivity contribution in [2.24, 2.45) is 0 Å². The van der Waals surface area contributed by atoms with E-state index in [9.17, 15) is 4.79 Å². The van der Waals surface area contributed by atoms with Crippen LogP contribution in [0.3, 0.4) is 0 Å². The lowest BCUT2D eigenvalue weighted by atomic mass is 10.0. The number of anilines is 1. The van der Waals surface area contributed by atoms with Gasteiger partial charge in [0, 0.05) is 44.8 Å². The number of rotatable bonds is 6. The van der Waals surface area contributed by atoms with E-state index in [-0.39, 0.29) is 18.0 Å². The lowest BCUT2D eigenvalue weighted by Gasteiger charge is -2.18. The molecule has 4 heteroatoms. The van der Waals surface area contributed by atoms with E-state index in [0.717, 1.165) is 13.0 Å². The minimum atomic E-state index is 0.170. The Morgan fingerprint density at radius 1 is 1.08 bits per heavy atom. The molecule has 0 aliphatic carbocycles. The number of nitrogens with zero attached hydrogens (tertiary/aromatic N) is 1. The third-order valence-electron chi connectivity index (χ3n) is 4.88. The SMILES string of the molecule is CC(NC[C@H]1CCC(=O)N1)c1ccc(-c2ccc(N(C)C)cc2)cc1. The molecule has 2 aromatic carbocycles. The van der Waals surface area contributed by atoms with Crippen LogP contribution in [0, 0.1) is 0 Å². The average molecular weight is 337 g/mol. The van der Waals surface area contributed by atoms with Gasteiger partial charge in [0.15, 0.2) is 0 Å². The van der Waals surface area contributed by atoms with Crippen LogP contribution in [-0.4, -0.2) is 32.6 Å². The first kappa shape index (κ1) is 17.5. The van der Waals surface area contributed by atoms with Crippen LogP contribution in [0.25, 0.3) is 11.1 Å². The van der Waals surface area contributed by atoms with E-state index in [2.05, 4.69) is 85.1 Å². The minimum absolute atomic E-state index is 0.170. The summed E-state index contributed by atoms with van der Waals surface area (Å²) in [6, 6.07) is 17.9. The molecule has 0 saturated carbocycles. The molecule has 4 nitrogen and oxygen atoms in total. The molecule has 132 valence electrons. The van der Waals surface area contributed by atoms with Crippen molar-refractivity contribution in [2.75, 3.05) is 25.5 Å². The maximum absolute atomic E-state index is 11.3. The Kier molecular flexibility index (Phi) is 5.39. The van der Waals surface area contributed by atoms with Crippen LogP contribution in [0.5, 0.6) is 0 Å². The molecular weight excluding hydrogens is 310 g/mol. The predicted molar refractivity (Wildman–Crippen MR) is 104 cm³/mol. The van der Waals surface area contributed by atoms with Gasteiger partial charge in [-0.25, -0.2) is 0 Å². The van der Waals surface area contributed by atoms with Gasteiger partial charge in [0.2, 0.25) is 5.91 Å². The first-order valence-electron chi connectivity index (χ1n) is 8.93. The van der Waals surface area contributed by atoms with Crippen LogP contribution >= 0.6 is 0 Å². The van der Waals surface area contributed by atoms with Crippen molar-refractivity contribution in [3.8, 4) is 11.1 Å². The number of carbonyl (C=O) groups is 1. The molecule has 2 aromatic rings. The lowest BCUT2D eigenvalue weighted by molar-refractivity contribution is -0.119. The quantitative estimate of drug-likeness (QED) is 0.850. The van der Waals surface area contributed by atoms with Gasteiger partial charge in [0.05, 0.1) is 0 Å². The highest BCUT2D eigenvalue weighted by molar-refractivity contribution is 5.78. The van der Waals surface area contributed by atoms with Gasteiger partial charge in [-0.05, 0) is 42.2 Å². The lowest BCUT2D eigenvalue weighted by Crippen LogP contribution is -2.36. The molecule has 0 spiro atoms. The molecule has 1 aliphatic heterocycles. The molecule has 1 unspecified atom stereocenters. The molecule has 0 radical (unpaired) electrons. The van der Waals surface area contributed by atoms with E-state index in [1.165, 1.54) is 22.4 Å². The Labute approximate surface area is 150 Å². The summed E-state index contributed by atoms with van der Waals surface area (Å²) in [5, 5.41) is 6.52. The molecule has 25 heavy (non-hydrogen) atoms. The normalized spacial score (nSPS) is 18.0. The predicted octanol–water partition coefficient (Wildman–Crippen LogP) is 3.35. The van der Waals surface area contributed by atoms with E-state index < -0.39 is 0 Å². The standard InChI is InChI=1S/C21H27N3O/c1-15(22-14-19-10-13-21(25)23-19)16-4-6-17(7-5-16)18-8-11-20(12-9-18)24(2)3/h4-9,11-12,15,19,22H,10,13-14H2,1-3H3,(H,23,25)/t15?,19-/m1/s1. The molecule has 1 amide bonds. The molecule has 0 bridgehead atoms. The Bertz CT molecular complexity index is 707. The number of carbonyl (C=O) groups excluding carboxylic acids is 1. The fraction of sp³-hybridized carbons (Fsp3) is 0.381. The van der Waals surface area contributed by atoms with E-state index in [0.29, 0.717) is 6.42 Å². The summed E-state index contributed by atoms with van der Waals surface area (Å²) < 4.78 is 0. The van der Waals surface area contributed by atoms with Gasteiger partial charge in [0.25, 0.3) is 0 Å². The van der Waals surface area contributed by atoms with Gasteiger partial charge in [-0.3, -0.25) is 4.79 Å². The van der Waals surface area contributed by atoms with Gasteiger partial charge in [-0.1, -0.05) is 36.4 Å². The highest BCUT2D eigenvalue weighted by atomic mass is 16.1. The first-order chi connectivity index (χ1) is 12.0. The van der Waals surface area contributed by atoms with Gasteiger partial charge >= 0.3 is 0 Å². The minimum Gasteiger partial charge on any atom is -0.378 e. The van der Waals surface area contributed by atoms with Crippen molar-refractivity contribution in [3.63, 3.8) is 0 Å². The van der Waals surface area contributed by atoms with E-state index >= 15 is 0 Å². The van der Waals surface area contributed by atoms with Gasteiger partial charge in [0.1, 0.15) is 0 Å². The van der Waals surface area contributed by atoms with Crippen LogP contribution < -0.4 is 15.5 Å². The van der Waals surface area contributed by atoms with Crippen molar-refractivity contribution in [2.45, 2.75) is 31.8 Å². The van der Waals surface area contributed by atoms with Crippen molar-refractivity contribution in [1.82, 2.24) is 10.6 Å². The molecule has 1 fully saturated rings. The van der Waals surface area contributed by atoms with Crippen molar-refractivity contribution < 1.29 is 4.79 Å². The second-order valence-electron chi connectivity index (χ2n) is 7.00. The zero-order chi connectivity index (χ0) is 17.8. The molecule has 3 rings (SSSR count). The Morgan fingerprint density at radius 3 is 2.20 bits per heavy atom. The van der Waals surface area contributed by atoms with Crippen LogP contribution in [-0.2, 0) is 4.79 Å². The van der Waals surface area contributed by atoms with Crippen LogP contribution in [0.4, 0.5) is 5.69 Å². The molecule has 1 heterocycles. The summed E-state index contributed by atoms with van der Waals surface area (Å²) >= 11 is 0. The summed E-state index contributed by atoms with van der Waals surface area (Å²) in [6.45, 7) is 2.98. The molecule has 1 aliphatic rings. The third-order valence-corrected chi connectivity index (χ3v) is 4.88. The number of hydrogen-bond acceptors (Lipinski definition) is 3. The van der Waals surface area contributed by atoms with Gasteiger partial charge < -0.3 is 15.5 Å². The van der Waals surface area contributed by atoms with Crippen molar-refractivity contribution in [3.05, 3.63) is 54.1 Å². The van der Waals surface area contributed by atoms with Gasteiger partial charge in [-0.15, -0.1) is 0 Å². The fourth-order valence-electron chi connectivity index (χ4n) is 3.18. The maximum atomic E-state index is 11.3. The number of amides is 1. The summed E-state index contributed by atoms with van der Waals surface area (Å²) in [5.74, 6) is 0.170. The first-order valence-corrected chi connectivity index (χ1v) is 8.93. The molecule has 2 N–H and O–H groups in total. The Morgan fingerprint density at radius 2 is 1.68 bits per heavy atom. The summed E-state index contributed by atoms with van der Waals surface area (Å²) in [5.41, 5.74) is 4.92. The highest BCUT2D eigenvalue weighted by Crippen LogP contribution is 2.24. The Balaban J connectivity index is 1.60. The van der Waals surface area contributed by atoms with Crippen molar-refractivity contribution >= 4 is 11.6 Å². The third kappa shape index (κ3) is 4.40. The highest BCUT2D eigenvalue weighted by Gasteiger charge is 2.20. The maximum Gasteiger partial charge on any atom is 0.220 e. The van der Waals surface area contributed by atoms with Crippen LogP contribution in [0.1, 0.15) is 31.4 Å². The molecule has 2 atom stereocenters. The fourth-order valence-corrected chi connectivity index (χ4v) is 3.18. The van der Waals surface area contributed by atoms with E-state index in [1.54, 1.807) is 0 Å². The average Bonchev–Trinajstić information content (AvgIpc) is 3.05. The number of benzene rings is 2. The molecular formula is C21H27N3O. The zero-order valence-electron chi connectivity index (χ0n) is 15.3. The zero-order valence-corrected chi connectivity index (χ0v) is 15.3.